The summed E-state index contributed by atoms with van der Waals surface area (Å²) in [4.78, 5) is 10.1. The highest BCUT2D eigenvalue weighted by Crippen LogP contribution is 2.35. The molecule has 0 saturated carbocycles. The second-order valence-electron chi connectivity index (χ2n) is 3.37. The van der Waals surface area contributed by atoms with Gasteiger partial charge in [-0.25, -0.2) is 0 Å². The molecule has 2 heteroatoms. The Morgan fingerprint density at radius 2 is 2.43 bits per heavy atom. The summed E-state index contributed by atoms with van der Waals surface area (Å²) < 4.78 is 0. The van der Waals surface area contributed by atoms with E-state index in [1.54, 1.807) is 6.08 Å². The van der Waals surface area contributed by atoms with Crippen LogP contribution in [0.25, 0.3) is 0 Å². The first-order valence-corrected chi connectivity index (χ1v) is 4.50. The smallest absolute Gasteiger partial charge is 0.106 e. The molecular formula is C12H13NO. The van der Waals surface area contributed by atoms with Crippen molar-refractivity contribution in [1.82, 2.24) is 0 Å². The van der Waals surface area contributed by atoms with Gasteiger partial charge in [-0.3, -0.25) is 0 Å². The van der Waals surface area contributed by atoms with Gasteiger partial charge in [-0.05, 0) is 29.6 Å². The van der Waals surface area contributed by atoms with E-state index in [4.69, 9.17) is 6.42 Å². The third-order valence-electron chi connectivity index (χ3n) is 2.47. The molecule has 0 radical (unpaired) electrons. The van der Waals surface area contributed by atoms with E-state index in [9.17, 15) is 4.91 Å². The largest absolute Gasteiger partial charge is 0.150 e. The fourth-order valence-corrected chi connectivity index (χ4v) is 1.71. The van der Waals surface area contributed by atoms with Crippen LogP contribution in [0.1, 0.15) is 12.8 Å². The first-order chi connectivity index (χ1) is 6.72. The van der Waals surface area contributed by atoms with Crippen LogP contribution in [0.2, 0.25) is 0 Å². The zero-order valence-corrected chi connectivity index (χ0v) is 8.12. The molecule has 1 rings (SSSR count). The number of allylic oxidation sites excluding steroid dienone is 2. The molecule has 0 aromatic carbocycles. The number of hydrogen-bond acceptors (Lipinski definition) is 2. The standard InChI is InChI=1S/C12H13NO/c1-4-10-6-11(5-2)12(7-10)9(3)8-13-14/h1,5,10H,2-3,6-8H2. The third kappa shape index (κ3) is 2.00. The highest BCUT2D eigenvalue weighted by Gasteiger charge is 2.22. The Morgan fingerprint density at radius 3 is 2.93 bits per heavy atom. The normalized spacial score (nSPS) is 20.4. The minimum atomic E-state index is 0.143. The van der Waals surface area contributed by atoms with Gasteiger partial charge in [0, 0.05) is 5.92 Å². The SMILES string of the molecule is C#CC1CC(C=C)=C(C(=C)CN=O)C1. The van der Waals surface area contributed by atoms with E-state index >= 15 is 0 Å². The fourth-order valence-electron chi connectivity index (χ4n) is 1.71. The molecule has 0 fully saturated rings. The molecule has 72 valence electrons. The summed E-state index contributed by atoms with van der Waals surface area (Å²) in [6.45, 7) is 7.70. The van der Waals surface area contributed by atoms with Crippen molar-refractivity contribution in [2.75, 3.05) is 6.54 Å². The van der Waals surface area contributed by atoms with Gasteiger partial charge in [0.2, 0.25) is 0 Å². The van der Waals surface area contributed by atoms with E-state index in [1.807, 2.05) is 0 Å². The predicted octanol–water partition coefficient (Wildman–Crippen LogP) is 2.83. The topological polar surface area (TPSA) is 29.4 Å². The van der Waals surface area contributed by atoms with Gasteiger partial charge in [-0.15, -0.1) is 12.3 Å². The summed E-state index contributed by atoms with van der Waals surface area (Å²) >= 11 is 0. The van der Waals surface area contributed by atoms with Crippen LogP contribution in [0.4, 0.5) is 0 Å². The highest BCUT2D eigenvalue weighted by molar-refractivity contribution is 5.44. The Kier molecular flexibility index (Phi) is 3.41. The average molecular weight is 187 g/mol. The van der Waals surface area contributed by atoms with Crippen molar-refractivity contribution >= 4 is 0 Å². The molecule has 0 amide bonds. The van der Waals surface area contributed by atoms with E-state index in [0.717, 1.165) is 29.6 Å². The monoisotopic (exact) mass is 187 g/mol. The van der Waals surface area contributed by atoms with E-state index in [2.05, 4.69) is 24.3 Å². The van der Waals surface area contributed by atoms with Gasteiger partial charge in [0.15, 0.2) is 0 Å². The lowest BCUT2D eigenvalue weighted by molar-refractivity contribution is 0.726. The highest BCUT2D eigenvalue weighted by atomic mass is 16.3. The van der Waals surface area contributed by atoms with Crippen LogP contribution in [0, 0.1) is 23.2 Å². The molecule has 0 aliphatic heterocycles. The molecule has 1 unspecified atom stereocenters. The summed E-state index contributed by atoms with van der Waals surface area (Å²) in [5.41, 5.74) is 2.96. The maximum absolute atomic E-state index is 10.1. The van der Waals surface area contributed by atoms with Gasteiger partial charge < -0.3 is 0 Å². The third-order valence-corrected chi connectivity index (χ3v) is 2.47. The Bertz CT molecular complexity index is 344. The molecule has 0 spiro atoms. The van der Waals surface area contributed by atoms with Crippen LogP contribution in [-0.4, -0.2) is 6.54 Å². The average Bonchev–Trinajstić information content (AvgIpc) is 2.61. The minimum absolute atomic E-state index is 0.143. The Labute approximate surface area is 84.4 Å². The van der Waals surface area contributed by atoms with Crippen molar-refractivity contribution in [3.63, 3.8) is 0 Å². The van der Waals surface area contributed by atoms with Gasteiger partial charge in [0.1, 0.15) is 6.54 Å². The summed E-state index contributed by atoms with van der Waals surface area (Å²) in [6, 6.07) is 0. The van der Waals surface area contributed by atoms with Crippen LogP contribution < -0.4 is 0 Å². The van der Waals surface area contributed by atoms with Crippen LogP contribution in [0.5, 0.6) is 0 Å². The first-order valence-electron chi connectivity index (χ1n) is 4.50. The molecule has 0 bridgehead atoms. The van der Waals surface area contributed by atoms with Crippen LogP contribution >= 0.6 is 0 Å². The molecule has 0 aromatic heterocycles. The van der Waals surface area contributed by atoms with Crippen molar-refractivity contribution in [1.29, 1.82) is 0 Å². The number of nitrogens with zero attached hydrogens (tertiary/aromatic N) is 1. The zero-order valence-electron chi connectivity index (χ0n) is 8.12. The second-order valence-corrected chi connectivity index (χ2v) is 3.37. The molecule has 1 aliphatic carbocycles. The Hall–Kier alpha value is -1.62. The molecule has 0 heterocycles. The number of hydrogen-bond donors (Lipinski definition) is 0. The van der Waals surface area contributed by atoms with Crippen LogP contribution in [0.15, 0.2) is 41.1 Å². The molecule has 2 nitrogen and oxygen atoms in total. The van der Waals surface area contributed by atoms with E-state index in [-0.39, 0.29) is 12.5 Å². The molecule has 1 atom stereocenters. The molecule has 0 saturated heterocycles. The van der Waals surface area contributed by atoms with Gasteiger partial charge in [0.25, 0.3) is 0 Å². The minimum Gasteiger partial charge on any atom is -0.150 e. The number of nitroso groups, excluding NO2 is 1. The van der Waals surface area contributed by atoms with E-state index in [1.165, 1.54) is 0 Å². The van der Waals surface area contributed by atoms with Gasteiger partial charge in [-0.1, -0.05) is 24.4 Å². The van der Waals surface area contributed by atoms with Crippen molar-refractivity contribution in [2.24, 2.45) is 11.1 Å². The lowest BCUT2D eigenvalue weighted by Crippen LogP contribution is -1.93. The quantitative estimate of drug-likeness (QED) is 0.491. The fraction of sp³-hybridized carbons (Fsp3) is 0.333. The molecule has 0 N–H and O–H groups in total. The van der Waals surface area contributed by atoms with E-state index in [0.29, 0.717) is 0 Å². The predicted molar refractivity (Wildman–Crippen MR) is 58.6 cm³/mol. The maximum Gasteiger partial charge on any atom is 0.106 e. The van der Waals surface area contributed by atoms with Gasteiger partial charge in [0.05, 0.1) is 0 Å². The summed E-state index contributed by atoms with van der Waals surface area (Å²) in [5.74, 6) is 2.94. The van der Waals surface area contributed by atoms with Gasteiger partial charge in [-0.2, -0.15) is 4.91 Å². The zero-order chi connectivity index (χ0) is 10.6. The summed E-state index contributed by atoms with van der Waals surface area (Å²) in [5, 5.41) is 2.83. The van der Waals surface area contributed by atoms with Crippen molar-refractivity contribution in [3.05, 3.63) is 40.9 Å². The summed E-state index contributed by atoms with van der Waals surface area (Å²) in [6.07, 6.45) is 8.79. The van der Waals surface area contributed by atoms with Gasteiger partial charge >= 0.3 is 0 Å². The molecule has 14 heavy (non-hydrogen) atoms. The lowest BCUT2D eigenvalue weighted by atomic mass is 10.0. The van der Waals surface area contributed by atoms with Crippen molar-refractivity contribution in [3.8, 4) is 12.3 Å². The van der Waals surface area contributed by atoms with Crippen molar-refractivity contribution < 1.29 is 0 Å². The summed E-state index contributed by atoms with van der Waals surface area (Å²) in [7, 11) is 0. The molecular weight excluding hydrogens is 174 g/mol. The molecule has 0 aromatic rings. The number of terminal acetylenes is 1. The maximum atomic E-state index is 10.1. The second kappa shape index (κ2) is 4.57. The first kappa shape index (κ1) is 10.5. The van der Waals surface area contributed by atoms with Crippen LogP contribution in [0.3, 0.4) is 0 Å². The van der Waals surface area contributed by atoms with Crippen molar-refractivity contribution in [2.45, 2.75) is 12.8 Å². The Balaban J connectivity index is 2.85. The van der Waals surface area contributed by atoms with E-state index < -0.39 is 0 Å². The lowest BCUT2D eigenvalue weighted by Gasteiger charge is -2.03. The number of rotatable bonds is 4. The Morgan fingerprint density at radius 1 is 1.71 bits per heavy atom. The molecule has 1 aliphatic rings. The van der Waals surface area contributed by atoms with Crippen LogP contribution in [-0.2, 0) is 0 Å².